The fraction of sp³-hybridized carbons (Fsp3) is 0.385. The second-order valence-electron chi connectivity index (χ2n) is 13.7. The van der Waals surface area contributed by atoms with Crippen molar-refractivity contribution in [3.8, 4) is 0 Å². The van der Waals surface area contributed by atoms with Gasteiger partial charge in [-0.2, -0.15) is 0 Å². The summed E-state index contributed by atoms with van der Waals surface area (Å²) in [6, 6.07) is 20.4. The molecule has 4 aliphatic rings. The van der Waals surface area contributed by atoms with E-state index in [1.54, 1.807) is 56.9 Å². The summed E-state index contributed by atoms with van der Waals surface area (Å²) >= 11 is 0. The fourth-order valence-corrected chi connectivity index (χ4v) is 7.65. The van der Waals surface area contributed by atoms with Crippen LogP contribution in [0.15, 0.2) is 78.9 Å². The van der Waals surface area contributed by atoms with Gasteiger partial charge in [0, 0.05) is 62.0 Å². The van der Waals surface area contributed by atoms with Gasteiger partial charge in [0.05, 0.1) is 38.0 Å². The molecule has 0 radical (unpaired) electrons. The van der Waals surface area contributed by atoms with Crippen LogP contribution in [-0.4, -0.2) is 90.7 Å². The molecular weight excluding hydrogens is 648 g/mol. The van der Waals surface area contributed by atoms with Gasteiger partial charge in [-0.15, -0.1) is 0 Å². The molecule has 0 bridgehead atoms. The smallest absolute Gasteiger partial charge is 0.264 e. The summed E-state index contributed by atoms with van der Waals surface area (Å²) in [6.07, 6.45) is 4.02. The largest absolute Gasteiger partial charge is 0.394 e. The number of carbonyl (C=O) groups is 4. The number of piperazine rings is 2. The van der Waals surface area contributed by atoms with E-state index in [2.05, 4.69) is 10.6 Å². The van der Waals surface area contributed by atoms with Crippen molar-refractivity contribution < 1.29 is 29.4 Å². The van der Waals surface area contributed by atoms with Crippen LogP contribution in [0, 0.1) is 5.92 Å². The van der Waals surface area contributed by atoms with Gasteiger partial charge in [0.15, 0.2) is 5.60 Å². The lowest BCUT2D eigenvalue weighted by atomic mass is 9.82. The van der Waals surface area contributed by atoms with Gasteiger partial charge in [-0.05, 0) is 53.4 Å². The summed E-state index contributed by atoms with van der Waals surface area (Å²) in [4.78, 5) is 59.7. The molecule has 12 nitrogen and oxygen atoms in total. The molecule has 3 atom stereocenters. The third kappa shape index (κ3) is 6.56. The van der Waals surface area contributed by atoms with Crippen LogP contribution in [0.1, 0.15) is 35.6 Å². The van der Waals surface area contributed by atoms with Gasteiger partial charge in [0.1, 0.15) is 0 Å². The Bertz CT molecular complexity index is 1860. The number of anilines is 3. The van der Waals surface area contributed by atoms with Crippen LogP contribution in [0.4, 0.5) is 17.1 Å². The zero-order valence-electron chi connectivity index (χ0n) is 28.8. The Balaban J connectivity index is 1.14. The second-order valence-corrected chi connectivity index (χ2v) is 13.7. The van der Waals surface area contributed by atoms with Gasteiger partial charge in [0.2, 0.25) is 17.7 Å². The van der Waals surface area contributed by atoms with Crippen molar-refractivity contribution in [3.05, 3.63) is 101 Å². The first kappa shape index (κ1) is 34.6. The minimum Gasteiger partial charge on any atom is -0.394 e. The van der Waals surface area contributed by atoms with Crippen molar-refractivity contribution in [2.75, 3.05) is 60.6 Å². The molecule has 12 heteroatoms. The molecule has 3 aromatic rings. The number of nitrogens with zero attached hydrogens (tertiary/aromatic N) is 4. The number of aliphatic hydroxyl groups excluding tert-OH is 1. The predicted octanol–water partition coefficient (Wildman–Crippen LogP) is 1.82. The van der Waals surface area contributed by atoms with E-state index in [9.17, 15) is 29.4 Å². The van der Waals surface area contributed by atoms with E-state index < -0.39 is 17.4 Å². The van der Waals surface area contributed by atoms with Crippen LogP contribution in [-0.2, 0) is 44.3 Å². The number of benzene rings is 3. The summed E-state index contributed by atoms with van der Waals surface area (Å²) in [7, 11) is 0. The van der Waals surface area contributed by atoms with Crippen molar-refractivity contribution in [2.45, 2.75) is 44.5 Å². The van der Waals surface area contributed by atoms with E-state index in [0.29, 0.717) is 56.1 Å². The molecule has 4 N–H and O–H groups in total. The highest BCUT2D eigenvalue weighted by molar-refractivity contribution is 6.08. The Labute approximate surface area is 297 Å². The average molecular weight is 693 g/mol. The molecule has 2 fully saturated rings. The monoisotopic (exact) mass is 692 g/mol. The first-order valence-corrected chi connectivity index (χ1v) is 17.6. The van der Waals surface area contributed by atoms with Crippen LogP contribution in [0.5, 0.6) is 0 Å². The molecule has 4 aliphatic heterocycles. The highest BCUT2D eigenvalue weighted by Gasteiger charge is 2.53. The molecule has 0 unspecified atom stereocenters. The maximum Gasteiger partial charge on any atom is 0.264 e. The highest BCUT2D eigenvalue weighted by atomic mass is 16.3. The summed E-state index contributed by atoms with van der Waals surface area (Å²) < 4.78 is 0. The Morgan fingerprint density at radius 1 is 0.922 bits per heavy atom. The van der Waals surface area contributed by atoms with Gasteiger partial charge in [0.25, 0.3) is 5.91 Å². The SMILES string of the molecule is C[C@H](/C=C/CC(=O)N1Cc2ccccc2C[C@H]1CO)[C@@]1(O)C(=O)N(Cc2ccc(N3CCNCC3=O)cc2)c2ccc(N3CCNCC3=O)cc21. The van der Waals surface area contributed by atoms with E-state index in [1.807, 2.05) is 48.5 Å². The Morgan fingerprint density at radius 3 is 2.24 bits per heavy atom. The molecule has 3 aromatic carbocycles. The molecule has 2 saturated heterocycles. The fourth-order valence-electron chi connectivity index (χ4n) is 7.65. The topological polar surface area (TPSA) is 146 Å². The molecule has 0 saturated carbocycles. The molecular formula is C39H44N6O6. The van der Waals surface area contributed by atoms with Crippen molar-refractivity contribution in [1.29, 1.82) is 0 Å². The first-order valence-electron chi connectivity index (χ1n) is 17.6. The van der Waals surface area contributed by atoms with E-state index >= 15 is 0 Å². The van der Waals surface area contributed by atoms with E-state index in [0.717, 1.165) is 22.4 Å². The lowest BCUT2D eigenvalue weighted by Gasteiger charge is -2.36. The quantitative estimate of drug-likeness (QED) is 0.249. The van der Waals surface area contributed by atoms with Gasteiger partial charge in [-0.3, -0.25) is 19.2 Å². The van der Waals surface area contributed by atoms with Crippen LogP contribution in [0.3, 0.4) is 0 Å². The standard InChI is InChI=1S/C39H44N6O6/c1-26(5-4-8-35(47)44-24-29-7-3-2-6-28(29)19-32(44)25-46)39(51)33-20-31(43-18-16-41-22-37(43)49)13-14-34(33)45(38(39)50)23-27-9-11-30(12-10-27)42-17-15-40-21-36(42)48/h2-7,9-14,20,26,32,40-41,46,51H,8,15-19,21-25H2,1H3/b5-4+/t26-,32+,39+/m1/s1. The number of hydrogen-bond acceptors (Lipinski definition) is 8. The third-order valence-electron chi connectivity index (χ3n) is 10.6. The van der Waals surface area contributed by atoms with E-state index in [-0.39, 0.29) is 56.4 Å². The summed E-state index contributed by atoms with van der Waals surface area (Å²) in [5.41, 5.74) is 3.37. The molecule has 51 heavy (non-hydrogen) atoms. The van der Waals surface area contributed by atoms with Crippen molar-refractivity contribution in [1.82, 2.24) is 15.5 Å². The molecule has 7 rings (SSSR count). The third-order valence-corrected chi connectivity index (χ3v) is 10.6. The van der Waals surface area contributed by atoms with Crippen LogP contribution in [0.2, 0.25) is 0 Å². The molecule has 266 valence electrons. The van der Waals surface area contributed by atoms with Crippen molar-refractivity contribution >= 4 is 40.7 Å². The number of fused-ring (bicyclic) bond motifs is 2. The summed E-state index contributed by atoms with van der Waals surface area (Å²) in [5.74, 6) is -1.47. The zero-order valence-corrected chi connectivity index (χ0v) is 28.8. The minimum atomic E-state index is -1.97. The minimum absolute atomic E-state index is 0.000276. The Kier molecular flexibility index (Phi) is 9.75. The maximum atomic E-state index is 14.4. The number of amides is 4. The second kappa shape index (κ2) is 14.4. The average Bonchev–Trinajstić information content (AvgIpc) is 3.36. The van der Waals surface area contributed by atoms with Crippen LogP contribution in [0.25, 0.3) is 0 Å². The Hall–Kier alpha value is -4.88. The van der Waals surface area contributed by atoms with E-state index in [1.165, 1.54) is 0 Å². The van der Waals surface area contributed by atoms with Crippen LogP contribution >= 0.6 is 0 Å². The zero-order chi connectivity index (χ0) is 35.7. The Morgan fingerprint density at radius 2 is 1.57 bits per heavy atom. The number of hydrogen-bond donors (Lipinski definition) is 4. The molecule has 0 spiro atoms. The predicted molar refractivity (Wildman–Crippen MR) is 193 cm³/mol. The van der Waals surface area contributed by atoms with Gasteiger partial charge >= 0.3 is 0 Å². The summed E-state index contributed by atoms with van der Waals surface area (Å²) in [6.45, 7) is 5.07. The van der Waals surface area contributed by atoms with E-state index in [4.69, 9.17) is 0 Å². The normalized spacial score (nSPS) is 22.8. The number of carbonyl (C=O) groups excluding carboxylic acids is 4. The molecule has 4 amide bonds. The molecule has 0 aliphatic carbocycles. The van der Waals surface area contributed by atoms with Gasteiger partial charge < -0.3 is 40.4 Å². The molecule has 0 aromatic heterocycles. The molecule has 4 heterocycles. The number of nitrogens with one attached hydrogen (secondary N) is 2. The van der Waals surface area contributed by atoms with Gasteiger partial charge in [-0.25, -0.2) is 0 Å². The van der Waals surface area contributed by atoms with Crippen molar-refractivity contribution in [2.24, 2.45) is 5.92 Å². The number of rotatable bonds is 9. The lowest BCUT2D eigenvalue weighted by molar-refractivity contribution is -0.139. The summed E-state index contributed by atoms with van der Waals surface area (Å²) in [5, 5.41) is 28.6. The van der Waals surface area contributed by atoms with Crippen LogP contribution < -0.4 is 25.3 Å². The maximum absolute atomic E-state index is 14.4. The lowest BCUT2D eigenvalue weighted by Crippen LogP contribution is -2.48. The highest BCUT2D eigenvalue weighted by Crippen LogP contribution is 2.47. The van der Waals surface area contributed by atoms with Gasteiger partial charge in [-0.1, -0.05) is 55.5 Å². The number of aliphatic hydroxyl groups is 2. The first-order chi connectivity index (χ1) is 24.7. The van der Waals surface area contributed by atoms with Crippen molar-refractivity contribution in [3.63, 3.8) is 0 Å².